The fourth-order valence-electron chi connectivity index (χ4n) is 3.07. The highest BCUT2D eigenvalue weighted by atomic mass is 32.2. The van der Waals surface area contributed by atoms with Gasteiger partial charge in [-0.2, -0.15) is 0 Å². The topological polar surface area (TPSA) is 85.1 Å². The molecule has 0 atom stereocenters. The van der Waals surface area contributed by atoms with Gasteiger partial charge >= 0.3 is 0 Å². The van der Waals surface area contributed by atoms with E-state index in [1.807, 2.05) is 46.8 Å². The third-order valence-corrected chi connectivity index (χ3v) is 6.36. The largest absolute Gasteiger partial charge is 0.505 e. The highest BCUT2D eigenvalue weighted by Crippen LogP contribution is 2.36. The average Bonchev–Trinajstić information content (AvgIpc) is 2.98. The van der Waals surface area contributed by atoms with Gasteiger partial charge in [-0.15, -0.1) is 15.0 Å². The molecule has 1 N–H and O–H groups in total. The minimum Gasteiger partial charge on any atom is -0.505 e. The first-order chi connectivity index (χ1) is 12.5. The van der Waals surface area contributed by atoms with E-state index in [1.54, 1.807) is 18.2 Å². The molecule has 2 aromatic carbocycles. The van der Waals surface area contributed by atoms with Gasteiger partial charge in [0, 0.05) is 5.56 Å². The molecule has 0 aliphatic carbocycles. The minimum absolute atomic E-state index is 0.0975. The van der Waals surface area contributed by atoms with Gasteiger partial charge in [-0.3, -0.25) is 0 Å². The van der Waals surface area contributed by atoms with Crippen LogP contribution >= 0.6 is 0 Å². The smallest absolute Gasteiger partial charge is 0.178 e. The number of aryl methyl sites for hydroxylation is 1. The predicted octanol–water partition coefficient (Wildman–Crippen LogP) is 3.92. The number of phenols is 1. The van der Waals surface area contributed by atoms with Crippen molar-refractivity contribution in [2.24, 2.45) is 0 Å². The molecule has 144 valence electrons. The summed E-state index contributed by atoms with van der Waals surface area (Å²) in [6, 6.07) is 8.53. The van der Waals surface area contributed by atoms with Crippen LogP contribution in [0.25, 0.3) is 16.7 Å². The Morgan fingerprint density at radius 2 is 1.74 bits per heavy atom. The summed E-state index contributed by atoms with van der Waals surface area (Å²) in [5, 5.41) is 19.6. The Kier molecular flexibility index (Phi) is 4.76. The normalized spacial score (nSPS) is 12.6. The molecule has 0 aliphatic rings. The number of aromatic hydroxyl groups is 1. The summed E-state index contributed by atoms with van der Waals surface area (Å²) < 4.78 is 24.6. The number of aromatic nitrogens is 3. The first-order valence-electron chi connectivity index (χ1n) is 8.97. The molecule has 0 radical (unpaired) electrons. The molecule has 0 aliphatic heterocycles. The van der Waals surface area contributed by atoms with Gasteiger partial charge in [-0.05, 0) is 48.6 Å². The van der Waals surface area contributed by atoms with Crippen molar-refractivity contribution in [3.63, 3.8) is 0 Å². The number of hydrogen-bond acceptors (Lipinski definition) is 5. The molecule has 0 bridgehead atoms. The molecule has 0 spiro atoms. The zero-order valence-corrected chi connectivity index (χ0v) is 17.1. The van der Waals surface area contributed by atoms with E-state index in [4.69, 9.17) is 0 Å². The molecule has 3 rings (SSSR count). The molecule has 6 nitrogen and oxygen atoms in total. The van der Waals surface area contributed by atoms with Gasteiger partial charge in [0.15, 0.2) is 9.84 Å². The Bertz CT molecular complexity index is 1110. The van der Waals surface area contributed by atoms with Gasteiger partial charge < -0.3 is 5.11 Å². The van der Waals surface area contributed by atoms with Crippen LogP contribution in [0.1, 0.15) is 45.2 Å². The Labute approximate surface area is 159 Å². The van der Waals surface area contributed by atoms with E-state index in [-0.39, 0.29) is 21.8 Å². The van der Waals surface area contributed by atoms with Crippen LogP contribution in [0.3, 0.4) is 0 Å². The van der Waals surface area contributed by atoms with Crippen molar-refractivity contribution >= 4 is 20.9 Å². The molecule has 0 unspecified atom stereocenters. The standard InChI is InChI=1S/C20H25N3O3S/c1-6-9-27(25,26)14-7-8-16-17(12-14)22-23(21-16)18-11-13(2)10-15(19(18)24)20(3,4)5/h7-8,10-12,24H,6,9H2,1-5H3. The average molecular weight is 388 g/mol. The molecule has 1 heterocycles. The van der Waals surface area contributed by atoms with E-state index < -0.39 is 9.84 Å². The maximum Gasteiger partial charge on any atom is 0.178 e. The second-order valence-corrected chi connectivity index (χ2v) is 10.00. The van der Waals surface area contributed by atoms with Gasteiger partial charge in [-0.1, -0.05) is 33.8 Å². The van der Waals surface area contributed by atoms with Gasteiger partial charge in [0.2, 0.25) is 0 Å². The summed E-state index contributed by atoms with van der Waals surface area (Å²) in [6.45, 7) is 9.88. The fourth-order valence-corrected chi connectivity index (χ4v) is 4.41. The molecule has 27 heavy (non-hydrogen) atoms. The molecule has 0 fully saturated rings. The molecule has 3 aromatic rings. The first-order valence-corrected chi connectivity index (χ1v) is 10.6. The van der Waals surface area contributed by atoms with Crippen molar-refractivity contribution in [3.8, 4) is 11.4 Å². The molecule has 1 aromatic heterocycles. The maximum absolute atomic E-state index is 12.3. The lowest BCUT2D eigenvalue weighted by Gasteiger charge is -2.22. The van der Waals surface area contributed by atoms with Gasteiger partial charge in [0.05, 0.1) is 10.6 Å². The van der Waals surface area contributed by atoms with Crippen LogP contribution in [0.15, 0.2) is 35.2 Å². The van der Waals surface area contributed by atoms with E-state index in [0.717, 1.165) is 11.1 Å². The molecular formula is C20H25N3O3S. The minimum atomic E-state index is -3.32. The van der Waals surface area contributed by atoms with Gasteiger partial charge in [-0.25, -0.2) is 8.42 Å². The quantitative estimate of drug-likeness (QED) is 0.733. The molecular weight excluding hydrogens is 362 g/mol. The summed E-state index contributed by atoms with van der Waals surface area (Å²) in [7, 11) is -3.32. The number of fused-ring (bicyclic) bond motifs is 1. The van der Waals surface area contributed by atoms with Crippen molar-refractivity contribution in [3.05, 3.63) is 41.5 Å². The van der Waals surface area contributed by atoms with Gasteiger partial charge in [0.25, 0.3) is 0 Å². The predicted molar refractivity (Wildman–Crippen MR) is 106 cm³/mol. The lowest BCUT2D eigenvalue weighted by atomic mass is 9.85. The molecule has 0 saturated heterocycles. The Morgan fingerprint density at radius 3 is 2.37 bits per heavy atom. The van der Waals surface area contributed by atoms with E-state index in [9.17, 15) is 13.5 Å². The summed E-state index contributed by atoms with van der Waals surface area (Å²) in [4.78, 5) is 1.62. The Morgan fingerprint density at radius 1 is 1.07 bits per heavy atom. The summed E-state index contributed by atoms with van der Waals surface area (Å²) in [5.41, 5.74) is 3.09. The van der Waals surface area contributed by atoms with E-state index in [1.165, 1.54) is 4.80 Å². The highest BCUT2D eigenvalue weighted by molar-refractivity contribution is 7.91. The monoisotopic (exact) mass is 387 g/mol. The third kappa shape index (κ3) is 3.69. The van der Waals surface area contributed by atoms with Crippen LogP contribution in [0, 0.1) is 6.92 Å². The van der Waals surface area contributed by atoms with Crippen molar-refractivity contribution in [1.82, 2.24) is 15.0 Å². The highest BCUT2D eigenvalue weighted by Gasteiger charge is 2.23. The van der Waals surface area contributed by atoms with Crippen LogP contribution in [0.2, 0.25) is 0 Å². The summed E-state index contributed by atoms with van der Waals surface area (Å²) in [6.07, 6.45) is 0.555. The zero-order valence-electron chi connectivity index (χ0n) is 16.3. The van der Waals surface area contributed by atoms with Crippen LogP contribution in [0.5, 0.6) is 5.75 Å². The third-order valence-electron chi connectivity index (χ3n) is 4.44. The first kappa shape index (κ1) is 19.4. The number of benzene rings is 2. The second kappa shape index (κ2) is 6.64. The summed E-state index contributed by atoms with van der Waals surface area (Å²) in [5.74, 6) is 0.229. The Balaban J connectivity index is 2.16. The molecule has 0 amide bonds. The number of sulfone groups is 1. The van der Waals surface area contributed by atoms with Crippen LogP contribution < -0.4 is 0 Å². The van der Waals surface area contributed by atoms with E-state index >= 15 is 0 Å². The van der Waals surface area contributed by atoms with Crippen LogP contribution in [-0.2, 0) is 15.3 Å². The number of nitrogens with zero attached hydrogens (tertiary/aromatic N) is 3. The molecule has 7 heteroatoms. The zero-order chi connectivity index (χ0) is 20.0. The summed E-state index contributed by atoms with van der Waals surface area (Å²) >= 11 is 0. The Hall–Kier alpha value is -2.41. The van der Waals surface area contributed by atoms with Crippen LogP contribution in [-0.4, -0.2) is 34.3 Å². The number of hydrogen-bond donors (Lipinski definition) is 1. The maximum atomic E-state index is 12.3. The van der Waals surface area contributed by atoms with Crippen molar-refractivity contribution in [2.75, 3.05) is 5.75 Å². The fraction of sp³-hybridized carbons (Fsp3) is 0.400. The SMILES string of the molecule is CCCS(=O)(=O)c1ccc2nn(-c3cc(C)cc(C(C)(C)C)c3O)nc2c1. The van der Waals surface area contributed by atoms with Crippen molar-refractivity contribution < 1.29 is 13.5 Å². The number of rotatable bonds is 4. The van der Waals surface area contributed by atoms with E-state index in [2.05, 4.69) is 10.2 Å². The van der Waals surface area contributed by atoms with Crippen molar-refractivity contribution in [1.29, 1.82) is 0 Å². The second-order valence-electron chi connectivity index (χ2n) is 7.89. The van der Waals surface area contributed by atoms with E-state index in [0.29, 0.717) is 23.1 Å². The van der Waals surface area contributed by atoms with Crippen LogP contribution in [0.4, 0.5) is 0 Å². The molecule has 0 saturated carbocycles. The van der Waals surface area contributed by atoms with Gasteiger partial charge in [0.1, 0.15) is 22.5 Å². The van der Waals surface area contributed by atoms with Crippen molar-refractivity contribution in [2.45, 2.75) is 51.3 Å². The number of phenolic OH excluding ortho intramolecular Hbond substituents is 1. The lowest BCUT2D eigenvalue weighted by Crippen LogP contribution is -2.13. The lowest BCUT2D eigenvalue weighted by molar-refractivity contribution is 0.440.